The van der Waals surface area contributed by atoms with Gasteiger partial charge < -0.3 is 45.1 Å². The summed E-state index contributed by atoms with van der Waals surface area (Å²) in [6.45, 7) is 3.93. The van der Waals surface area contributed by atoms with Crippen LogP contribution in [-0.4, -0.2) is 96.9 Å². The third-order valence-electron chi connectivity index (χ3n) is 11.1. The van der Waals surface area contributed by atoms with E-state index < -0.39 is 83.7 Å². The van der Waals surface area contributed by atoms with Crippen LogP contribution in [0.1, 0.15) is 168 Å². The smallest absolute Gasteiger partial charge is 0.462 e. The van der Waals surface area contributed by atoms with Crippen LogP contribution in [0.15, 0.2) is 65.7 Å². The summed E-state index contributed by atoms with van der Waals surface area (Å²) in [5, 5.41) is 30.2. The van der Waals surface area contributed by atoms with Crippen molar-refractivity contribution in [2.45, 2.75) is 199 Å². The van der Waals surface area contributed by atoms with Crippen LogP contribution in [-0.2, 0) is 46.3 Å². The first-order valence-electron chi connectivity index (χ1n) is 25.0. The summed E-state index contributed by atoms with van der Waals surface area (Å²) < 4.78 is 56.7. The van der Waals surface area contributed by atoms with Crippen LogP contribution in [0.25, 0.3) is 0 Å². The highest BCUT2D eigenvalue weighted by molar-refractivity contribution is 7.61. The van der Waals surface area contributed by atoms with Gasteiger partial charge in [-0.1, -0.05) is 133 Å². The van der Waals surface area contributed by atoms with Gasteiger partial charge in [-0.15, -0.1) is 0 Å². The maximum atomic E-state index is 12.8. The molecule has 0 radical (unpaired) electrons. The zero-order valence-corrected chi connectivity index (χ0v) is 43.4. The average Bonchev–Trinajstić information content (AvgIpc) is 3.57. The molecule has 19 nitrogen and oxygen atoms in total. The quantitative estimate of drug-likeness (QED) is 0.0155. The van der Waals surface area contributed by atoms with Gasteiger partial charge in [0, 0.05) is 19.0 Å². The topological polar surface area (TPSA) is 286 Å². The number of hydrogen-bond acceptors (Lipinski definition) is 16. The summed E-state index contributed by atoms with van der Waals surface area (Å²) in [5.74, 6) is -0.628. The number of carbonyl (C=O) groups is 2. The monoisotopic (exact) mass is 1030 g/mol. The Hall–Kier alpha value is -3.32. The number of nitrogens with zero attached hydrogens (tertiary/aromatic N) is 2. The summed E-state index contributed by atoms with van der Waals surface area (Å²) >= 11 is 0. The van der Waals surface area contributed by atoms with E-state index in [0.717, 1.165) is 80.9 Å². The van der Waals surface area contributed by atoms with Crippen molar-refractivity contribution >= 4 is 33.4 Å². The van der Waals surface area contributed by atoms with E-state index in [1.807, 2.05) is 12.2 Å². The van der Waals surface area contributed by atoms with Crippen molar-refractivity contribution in [2.75, 3.05) is 25.6 Å². The van der Waals surface area contributed by atoms with E-state index in [2.05, 4.69) is 59.6 Å². The van der Waals surface area contributed by atoms with Gasteiger partial charge in [0.05, 0.1) is 19.3 Å². The van der Waals surface area contributed by atoms with Crippen molar-refractivity contribution in [1.29, 1.82) is 0 Å². The standard InChI is InChI=1S/C49H83N3O16P2/c1-39(2)30-26-22-18-14-10-9-13-17-21-25-29-33-45(55)66-41(36-63-44(54)32-28-24-20-16-12-8-6-4-5-7-11-15-19-23-27-31-40(3)53)37-64-69(59,60)68-70(61,62)65-38-42-46(56)47(57)48(67-42)52-35-34-43(50)51-49(52)58/h5-8,15-16,19-20,34-35,39-42,46-48,53,56-57H,4,9-14,17-18,21-33,36-38H2,1-3H3,(H,59,60)(H,61,62)(H2,50,51,58)/b7-5-,8-6-,19-15-,20-16-/t40-,41-,42-,46-,47-,48-/m1/s1. The highest BCUT2D eigenvalue weighted by atomic mass is 31.3. The number of carbonyl (C=O) groups excluding carboxylic acids is 2. The Morgan fingerprint density at radius 1 is 0.729 bits per heavy atom. The zero-order valence-electron chi connectivity index (χ0n) is 41.6. The van der Waals surface area contributed by atoms with Gasteiger partial charge in [-0.3, -0.25) is 23.2 Å². The molecule has 1 aliphatic rings. The number of phosphoric acid groups is 2. The van der Waals surface area contributed by atoms with Crippen LogP contribution < -0.4 is 11.4 Å². The van der Waals surface area contributed by atoms with Crippen LogP contribution in [0.5, 0.6) is 0 Å². The largest absolute Gasteiger partial charge is 0.481 e. The number of hydrogen-bond donors (Lipinski definition) is 6. The number of ether oxygens (including phenoxy) is 3. The van der Waals surface area contributed by atoms with E-state index in [-0.39, 0.29) is 24.8 Å². The number of allylic oxidation sites excluding steroid dienone is 8. The first-order chi connectivity index (χ1) is 33.4. The van der Waals surface area contributed by atoms with Gasteiger partial charge in [0.1, 0.15) is 30.7 Å². The Bertz CT molecular complexity index is 1890. The Morgan fingerprint density at radius 3 is 1.83 bits per heavy atom. The van der Waals surface area contributed by atoms with Gasteiger partial charge in [-0.2, -0.15) is 9.29 Å². The van der Waals surface area contributed by atoms with Gasteiger partial charge in [0.25, 0.3) is 0 Å². The molecule has 2 heterocycles. The molecule has 21 heteroatoms. The van der Waals surface area contributed by atoms with Gasteiger partial charge in [0.15, 0.2) is 12.3 Å². The van der Waals surface area contributed by atoms with E-state index in [1.54, 1.807) is 6.92 Å². The molecule has 1 aliphatic heterocycles. The fourth-order valence-electron chi connectivity index (χ4n) is 7.21. The van der Waals surface area contributed by atoms with Crippen molar-refractivity contribution in [3.05, 3.63) is 71.4 Å². The molecule has 70 heavy (non-hydrogen) atoms. The lowest BCUT2D eigenvalue weighted by Crippen LogP contribution is -2.36. The highest BCUT2D eigenvalue weighted by Crippen LogP contribution is 2.60. The molecule has 0 bridgehead atoms. The van der Waals surface area contributed by atoms with Crippen LogP contribution in [0.4, 0.5) is 5.82 Å². The molecule has 0 saturated carbocycles. The zero-order chi connectivity index (χ0) is 51.6. The van der Waals surface area contributed by atoms with Gasteiger partial charge in [-0.25, -0.2) is 13.9 Å². The van der Waals surface area contributed by atoms with Crippen molar-refractivity contribution in [1.82, 2.24) is 9.55 Å². The predicted molar refractivity (Wildman–Crippen MR) is 267 cm³/mol. The Kier molecular flexibility index (Phi) is 32.8. The van der Waals surface area contributed by atoms with Crippen LogP contribution in [0, 0.1) is 5.92 Å². The van der Waals surface area contributed by atoms with Crippen molar-refractivity contribution in [3.8, 4) is 0 Å². The number of aromatic nitrogens is 2. The number of phosphoric ester groups is 2. The third kappa shape index (κ3) is 30.5. The Labute approximate surface area is 414 Å². The normalized spacial score (nSPS) is 20.2. The van der Waals surface area contributed by atoms with Gasteiger partial charge >= 0.3 is 33.3 Å². The lowest BCUT2D eigenvalue weighted by Gasteiger charge is -2.21. The summed E-state index contributed by atoms with van der Waals surface area (Å²) in [7, 11) is -10.9. The molecule has 0 spiro atoms. The molecule has 0 aromatic carbocycles. The number of esters is 2. The maximum absolute atomic E-state index is 12.8. The minimum Gasteiger partial charge on any atom is -0.462 e. The second kappa shape index (κ2) is 36.6. The third-order valence-corrected chi connectivity index (χ3v) is 13.7. The molecule has 1 aromatic heterocycles. The maximum Gasteiger partial charge on any atom is 0.481 e. The van der Waals surface area contributed by atoms with E-state index >= 15 is 0 Å². The SMILES string of the molecule is CC(C)CCCCCCCCCCCCCC(=O)O[C@H](COC(=O)CCC/C=C\C/C=C\C/C=C\C/C=C\CCC[C@@H](C)O)COP(=O)(O)OP(=O)(O)OC[C@H]1O[C@@H](n2ccc(N)nc2=O)[C@H](O)[C@@H]1O. The number of unbranched alkanes of at least 4 members (excludes halogenated alkanes) is 12. The number of aliphatic hydroxyl groups is 3. The lowest BCUT2D eigenvalue weighted by molar-refractivity contribution is -0.161. The van der Waals surface area contributed by atoms with E-state index in [4.69, 9.17) is 29.0 Å². The molecule has 400 valence electrons. The molecule has 0 amide bonds. The molecular formula is C49H83N3O16P2. The molecule has 1 saturated heterocycles. The second-order valence-electron chi connectivity index (χ2n) is 18.1. The van der Waals surface area contributed by atoms with Gasteiger partial charge in [0.2, 0.25) is 0 Å². The minimum absolute atomic E-state index is 0.0323. The minimum atomic E-state index is -5.44. The van der Waals surface area contributed by atoms with Crippen LogP contribution >= 0.6 is 15.6 Å². The van der Waals surface area contributed by atoms with Crippen molar-refractivity contribution < 1.29 is 71.4 Å². The fourth-order valence-corrected chi connectivity index (χ4v) is 9.33. The van der Waals surface area contributed by atoms with E-state index in [0.29, 0.717) is 19.3 Å². The average molecular weight is 1030 g/mol. The van der Waals surface area contributed by atoms with E-state index in [1.165, 1.54) is 51.0 Å². The molecular weight excluding hydrogens is 948 g/mol. The molecule has 0 aliphatic carbocycles. The van der Waals surface area contributed by atoms with Crippen LogP contribution in [0.2, 0.25) is 0 Å². The fraction of sp³-hybridized carbons (Fsp3) is 0.714. The highest BCUT2D eigenvalue weighted by Gasteiger charge is 2.46. The lowest BCUT2D eigenvalue weighted by atomic mass is 10.0. The number of rotatable bonds is 40. The Balaban J connectivity index is 1.83. The van der Waals surface area contributed by atoms with Crippen molar-refractivity contribution in [2.24, 2.45) is 5.92 Å². The summed E-state index contributed by atoms with van der Waals surface area (Å²) in [4.78, 5) is 61.8. The summed E-state index contributed by atoms with van der Waals surface area (Å²) in [5.41, 5.74) is 4.58. The first kappa shape index (κ1) is 62.8. The predicted octanol–water partition coefficient (Wildman–Crippen LogP) is 8.99. The molecule has 1 fully saturated rings. The Morgan fingerprint density at radius 2 is 1.26 bits per heavy atom. The number of anilines is 1. The number of aliphatic hydroxyl groups excluding tert-OH is 3. The molecule has 2 unspecified atom stereocenters. The molecule has 7 N–H and O–H groups in total. The van der Waals surface area contributed by atoms with Crippen LogP contribution in [0.3, 0.4) is 0 Å². The molecule has 8 atom stereocenters. The van der Waals surface area contributed by atoms with Crippen molar-refractivity contribution in [3.63, 3.8) is 0 Å². The molecule has 2 rings (SSSR count). The second-order valence-corrected chi connectivity index (χ2v) is 21.1. The molecule has 1 aromatic rings. The number of nitrogens with two attached hydrogens (primary N) is 1. The summed E-state index contributed by atoms with van der Waals surface area (Å²) in [6.07, 6.45) is 29.2. The number of nitrogen functional groups attached to an aromatic ring is 1. The van der Waals surface area contributed by atoms with E-state index in [9.17, 15) is 48.6 Å². The first-order valence-corrected chi connectivity index (χ1v) is 28.0. The summed E-state index contributed by atoms with van der Waals surface area (Å²) in [6, 6.07) is 1.24. The van der Waals surface area contributed by atoms with Gasteiger partial charge in [-0.05, 0) is 76.7 Å².